The summed E-state index contributed by atoms with van der Waals surface area (Å²) < 4.78 is 6.57. The number of hydrogen-bond acceptors (Lipinski definition) is 5. The molecule has 0 bridgehead atoms. The highest BCUT2D eigenvalue weighted by atomic mass is 16.5. The number of carboxylic acids is 1. The Kier molecular flexibility index (Phi) is 4.73. The van der Waals surface area contributed by atoms with Gasteiger partial charge in [-0.2, -0.15) is 0 Å². The first kappa shape index (κ1) is 15.2. The van der Waals surface area contributed by atoms with E-state index in [4.69, 9.17) is 9.84 Å². The molecule has 1 aliphatic rings. The van der Waals surface area contributed by atoms with Gasteiger partial charge in [0.05, 0.1) is 24.9 Å². The van der Waals surface area contributed by atoms with Crippen molar-refractivity contribution < 1.29 is 19.4 Å². The molecule has 1 unspecified atom stereocenters. The van der Waals surface area contributed by atoms with E-state index >= 15 is 0 Å². The van der Waals surface area contributed by atoms with Gasteiger partial charge in [0.15, 0.2) is 0 Å². The van der Waals surface area contributed by atoms with Gasteiger partial charge in [0.2, 0.25) is 0 Å². The summed E-state index contributed by atoms with van der Waals surface area (Å²) in [5.41, 5.74) is 0.139. The van der Waals surface area contributed by atoms with Crippen LogP contribution in [0.15, 0.2) is 6.20 Å². The number of aliphatic carboxylic acids is 1. The fourth-order valence-electron chi connectivity index (χ4n) is 2.16. The summed E-state index contributed by atoms with van der Waals surface area (Å²) in [6.07, 6.45) is 3.27. The second-order valence-corrected chi connectivity index (χ2v) is 5.33. The molecule has 1 aromatic rings. The fourth-order valence-corrected chi connectivity index (χ4v) is 2.16. The van der Waals surface area contributed by atoms with Crippen LogP contribution in [0.4, 0.5) is 4.79 Å². The van der Waals surface area contributed by atoms with E-state index in [2.05, 4.69) is 20.9 Å². The molecule has 2 heterocycles. The van der Waals surface area contributed by atoms with Crippen LogP contribution < -0.4 is 10.6 Å². The predicted octanol–water partition coefficient (Wildman–Crippen LogP) is -0.269. The van der Waals surface area contributed by atoms with Crippen molar-refractivity contribution in [2.75, 3.05) is 13.2 Å². The van der Waals surface area contributed by atoms with Crippen molar-refractivity contribution in [2.45, 2.75) is 38.4 Å². The van der Waals surface area contributed by atoms with Crippen molar-refractivity contribution in [1.29, 1.82) is 0 Å². The lowest BCUT2D eigenvalue weighted by Gasteiger charge is -2.34. The number of hydrogen-bond donors (Lipinski definition) is 3. The molecule has 9 nitrogen and oxygen atoms in total. The van der Waals surface area contributed by atoms with Crippen LogP contribution in [0.1, 0.15) is 25.5 Å². The van der Waals surface area contributed by atoms with Gasteiger partial charge in [0.25, 0.3) is 0 Å². The molecular weight excluding hydrogens is 278 g/mol. The molecule has 1 aliphatic heterocycles. The summed E-state index contributed by atoms with van der Waals surface area (Å²) in [5.74, 6) is -0.998. The predicted molar refractivity (Wildman–Crippen MR) is 71.5 cm³/mol. The number of urea groups is 1. The zero-order chi connectivity index (χ0) is 15.3. The van der Waals surface area contributed by atoms with Crippen molar-refractivity contribution in [3.8, 4) is 0 Å². The molecule has 2 rings (SSSR count). The highest BCUT2D eigenvalue weighted by Gasteiger charge is 2.29. The Balaban J connectivity index is 1.78. The van der Waals surface area contributed by atoms with Crippen LogP contribution >= 0.6 is 0 Å². The smallest absolute Gasteiger partial charge is 0.325 e. The van der Waals surface area contributed by atoms with E-state index < -0.39 is 5.97 Å². The van der Waals surface area contributed by atoms with Gasteiger partial charge in [-0.05, 0) is 19.8 Å². The van der Waals surface area contributed by atoms with Crippen molar-refractivity contribution in [3.05, 3.63) is 11.9 Å². The molecule has 0 radical (unpaired) electrons. The van der Waals surface area contributed by atoms with Gasteiger partial charge in [0.1, 0.15) is 12.2 Å². The normalized spacial score (nSPS) is 21.8. The van der Waals surface area contributed by atoms with Crippen molar-refractivity contribution in [3.63, 3.8) is 0 Å². The number of amides is 2. The van der Waals surface area contributed by atoms with E-state index in [1.165, 1.54) is 10.9 Å². The quantitative estimate of drug-likeness (QED) is 0.688. The summed E-state index contributed by atoms with van der Waals surface area (Å²) >= 11 is 0. The highest BCUT2D eigenvalue weighted by molar-refractivity contribution is 5.74. The van der Waals surface area contributed by atoms with E-state index in [1.54, 1.807) is 0 Å². The third-order valence-electron chi connectivity index (χ3n) is 3.17. The molecule has 21 heavy (non-hydrogen) atoms. The molecule has 1 atom stereocenters. The molecule has 9 heteroatoms. The zero-order valence-corrected chi connectivity index (χ0v) is 11.8. The average molecular weight is 297 g/mol. The monoisotopic (exact) mass is 297 g/mol. The van der Waals surface area contributed by atoms with E-state index in [9.17, 15) is 9.59 Å². The summed E-state index contributed by atoms with van der Waals surface area (Å²) in [5, 5.41) is 21.6. The first-order valence-corrected chi connectivity index (χ1v) is 6.71. The third kappa shape index (κ3) is 4.71. The summed E-state index contributed by atoms with van der Waals surface area (Å²) in [6, 6.07) is -0.309. The van der Waals surface area contributed by atoms with E-state index in [0.717, 1.165) is 19.4 Å². The number of ether oxygens (including phenoxy) is 1. The lowest BCUT2D eigenvalue weighted by atomic mass is 9.95. The molecule has 116 valence electrons. The minimum atomic E-state index is -0.998. The van der Waals surface area contributed by atoms with Crippen molar-refractivity contribution >= 4 is 12.0 Å². The molecule has 1 aromatic heterocycles. The van der Waals surface area contributed by atoms with Gasteiger partial charge in [0, 0.05) is 6.61 Å². The Morgan fingerprint density at radius 3 is 3.05 bits per heavy atom. The first-order valence-electron chi connectivity index (χ1n) is 6.71. The lowest BCUT2D eigenvalue weighted by molar-refractivity contribution is -0.137. The molecule has 0 spiro atoms. The maximum absolute atomic E-state index is 11.8. The standard InChI is InChI=1S/C12H19N5O4/c1-12(3-2-4-21-8-12)14-11(20)13-5-9-6-17(16-15-9)7-10(18)19/h6H,2-5,7-8H2,1H3,(H,18,19)(H2,13,14,20). The van der Waals surface area contributed by atoms with Crippen molar-refractivity contribution in [2.24, 2.45) is 0 Å². The summed E-state index contributed by atoms with van der Waals surface area (Å²) in [6.45, 7) is 3.09. The number of carboxylic acid groups (broad SMARTS) is 1. The second kappa shape index (κ2) is 6.53. The van der Waals surface area contributed by atoms with E-state index in [0.29, 0.717) is 12.3 Å². The Bertz CT molecular complexity index is 510. The van der Waals surface area contributed by atoms with Crippen LogP contribution in [0.25, 0.3) is 0 Å². The van der Waals surface area contributed by atoms with Crippen LogP contribution in [-0.2, 0) is 22.6 Å². The van der Waals surface area contributed by atoms with Gasteiger partial charge in [-0.25, -0.2) is 9.48 Å². The van der Waals surface area contributed by atoms with Crippen LogP contribution in [0.5, 0.6) is 0 Å². The maximum Gasteiger partial charge on any atom is 0.325 e. The number of carbonyl (C=O) groups excluding carboxylic acids is 1. The first-order chi connectivity index (χ1) is 9.97. The minimum Gasteiger partial charge on any atom is -0.480 e. The number of nitrogens with one attached hydrogen (secondary N) is 2. The topological polar surface area (TPSA) is 118 Å². The SMILES string of the molecule is CC1(NC(=O)NCc2cn(CC(=O)O)nn2)CCCOC1. The Hall–Kier alpha value is -2.16. The molecule has 3 N–H and O–H groups in total. The van der Waals surface area contributed by atoms with Crippen LogP contribution in [0.3, 0.4) is 0 Å². The van der Waals surface area contributed by atoms with Gasteiger partial charge >= 0.3 is 12.0 Å². The van der Waals surface area contributed by atoms with E-state index in [-0.39, 0.29) is 24.7 Å². The van der Waals surface area contributed by atoms with Crippen LogP contribution in [0, 0.1) is 0 Å². The van der Waals surface area contributed by atoms with Crippen LogP contribution in [0.2, 0.25) is 0 Å². The van der Waals surface area contributed by atoms with Gasteiger partial charge < -0.3 is 20.5 Å². The Morgan fingerprint density at radius 2 is 2.38 bits per heavy atom. The van der Waals surface area contributed by atoms with Gasteiger partial charge in [-0.1, -0.05) is 5.21 Å². The lowest BCUT2D eigenvalue weighted by Crippen LogP contribution is -2.54. The number of aromatic nitrogens is 3. The molecule has 1 fully saturated rings. The molecule has 0 aliphatic carbocycles. The summed E-state index contributed by atoms with van der Waals surface area (Å²) in [7, 11) is 0. The maximum atomic E-state index is 11.8. The Labute approximate surface area is 121 Å². The average Bonchev–Trinajstić information content (AvgIpc) is 2.83. The second-order valence-electron chi connectivity index (χ2n) is 5.33. The van der Waals surface area contributed by atoms with Crippen molar-refractivity contribution in [1.82, 2.24) is 25.6 Å². The number of nitrogens with zero attached hydrogens (tertiary/aromatic N) is 3. The molecule has 2 amide bonds. The summed E-state index contributed by atoms with van der Waals surface area (Å²) in [4.78, 5) is 22.4. The van der Waals surface area contributed by atoms with Gasteiger partial charge in [-0.15, -0.1) is 5.10 Å². The highest BCUT2D eigenvalue weighted by Crippen LogP contribution is 2.17. The third-order valence-corrected chi connectivity index (χ3v) is 3.17. The molecule has 0 saturated carbocycles. The van der Waals surface area contributed by atoms with Gasteiger partial charge in [-0.3, -0.25) is 4.79 Å². The van der Waals surface area contributed by atoms with E-state index in [1.807, 2.05) is 6.92 Å². The molecule has 0 aromatic carbocycles. The number of rotatable bonds is 5. The van der Waals surface area contributed by atoms with Crippen LogP contribution in [-0.4, -0.2) is 50.9 Å². The largest absolute Gasteiger partial charge is 0.480 e. The molecular formula is C12H19N5O4. The Morgan fingerprint density at radius 1 is 1.57 bits per heavy atom. The zero-order valence-electron chi connectivity index (χ0n) is 11.8. The minimum absolute atomic E-state index is 0.183. The number of carbonyl (C=O) groups is 2. The fraction of sp³-hybridized carbons (Fsp3) is 0.667. The molecule has 1 saturated heterocycles.